The molecule has 0 bridgehead atoms. The van der Waals surface area contributed by atoms with Crippen LogP contribution in [0.5, 0.6) is 0 Å². The third-order valence-electron chi connectivity index (χ3n) is 6.28. The maximum atomic E-state index is 4.96. The molecule has 6 heterocycles. The van der Waals surface area contributed by atoms with Gasteiger partial charge in [0.15, 0.2) is 5.82 Å². The van der Waals surface area contributed by atoms with E-state index in [9.17, 15) is 0 Å². The lowest BCUT2D eigenvalue weighted by atomic mass is 10.1. The van der Waals surface area contributed by atoms with Crippen LogP contribution in [0.3, 0.4) is 0 Å². The van der Waals surface area contributed by atoms with Crippen LogP contribution < -0.4 is 9.80 Å². The number of nitrogens with zero attached hydrogens (tertiary/aromatic N) is 7. The van der Waals surface area contributed by atoms with Gasteiger partial charge in [0.2, 0.25) is 0 Å². The zero-order chi connectivity index (χ0) is 22.4. The number of imidazole rings is 1. The number of fused-ring (bicyclic) bond motifs is 2. The molecule has 5 aromatic rings. The lowest BCUT2D eigenvalue weighted by Crippen LogP contribution is -2.29. The average molecular weight is 440 g/mol. The van der Waals surface area contributed by atoms with Crippen LogP contribution in [0.15, 0.2) is 43.1 Å². The number of hydrogen-bond donors (Lipinski definition) is 2. The predicted molar refractivity (Wildman–Crippen MR) is 130 cm³/mol. The fourth-order valence-corrected chi connectivity index (χ4v) is 4.46. The zero-order valence-corrected chi connectivity index (χ0v) is 18.7. The Morgan fingerprint density at radius 2 is 1.76 bits per heavy atom. The highest BCUT2D eigenvalue weighted by Gasteiger charge is 2.19. The molecule has 1 fully saturated rings. The Balaban J connectivity index is 1.44. The predicted octanol–water partition coefficient (Wildman–Crippen LogP) is 4.01. The zero-order valence-electron chi connectivity index (χ0n) is 18.7. The van der Waals surface area contributed by atoms with Gasteiger partial charge < -0.3 is 14.8 Å². The van der Waals surface area contributed by atoms with Gasteiger partial charge in [0, 0.05) is 44.3 Å². The van der Waals surface area contributed by atoms with E-state index in [1.54, 1.807) is 0 Å². The van der Waals surface area contributed by atoms with Crippen LogP contribution in [0, 0.1) is 0 Å². The van der Waals surface area contributed by atoms with Gasteiger partial charge in [-0.3, -0.25) is 20.1 Å². The number of aromatic amines is 2. The Kier molecular flexibility index (Phi) is 4.67. The second kappa shape index (κ2) is 7.84. The van der Waals surface area contributed by atoms with Crippen LogP contribution in [0.25, 0.3) is 44.7 Å². The van der Waals surface area contributed by atoms with Crippen molar-refractivity contribution < 1.29 is 0 Å². The van der Waals surface area contributed by atoms with Crippen LogP contribution in [0.4, 0.5) is 11.4 Å². The molecule has 0 unspecified atom stereocenters. The van der Waals surface area contributed by atoms with Crippen molar-refractivity contribution in [3.8, 4) is 22.8 Å². The molecule has 0 spiro atoms. The first-order valence-electron chi connectivity index (χ1n) is 11.2. The molecule has 1 aliphatic heterocycles. The third-order valence-corrected chi connectivity index (χ3v) is 6.28. The number of H-pyrrole nitrogens is 2. The van der Waals surface area contributed by atoms with Gasteiger partial charge in [0.1, 0.15) is 11.2 Å². The fraction of sp³-hybridized carbons (Fsp3) is 0.292. The lowest BCUT2D eigenvalue weighted by Gasteiger charge is -2.28. The topological polar surface area (TPSA) is 103 Å². The summed E-state index contributed by atoms with van der Waals surface area (Å²) in [5.74, 6) is 0.722. The highest BCUT2D eigenvalue weighted by atomic mass is 15.2. The van der Waals surface area contributed by atoms with Gasteiger partial charge in [-0.05, 0) is 31.4 Å². The molecule has 0 amide bonds. The van der Waals surface area contributed by atoms with Crippen molar-refractivity contribution in [1.82, 2.24) is 35.1 Å². The first-order valence-corrected chi connectivity index (χ1v) is 11.2. The summed E-state index contributed by atoms with van der Waals surface area (Å²) in [6, 6.07) is 4.13. The minimum Gasteiger partial charge on any atom is -0.376 e. The molecule has 9 heteroatoms. The Labute approximate surface area is 190 Å². The number of pyridine rings is 3. The van der Waals surface area contributed by atoms with Crippen LogP contribution in [-0.2, 0) is 0 Å². The summed E-state index contributed by atoms with van der Waals surface area (Å²) >= 11 is 0. The highest BCUT2D eigenvalue weighted by Crippen LogP contribution is 2.32. The summed E-state index contributed by atoms with van der Waals surface area (Å²) in [4.78, 5) is 26.3. The van der Waals surface area contributed by atoms with Crippen LogP contribution in [0.2, 0.25) is 0 Å². The van der Waals surface area contributed by atoms with Gasteiger partial charge in [-0.2, -0.15) is 5.10 Å². The van der Waals surface area contributed by atoms with Gasteiger partial charge in [-0.15, -0.1) is 0 Å². The molecule has 166 valence electrons. The summed E-state index contributed by atoms with van der Waals surface area (Å²) in [5, 5.41) is 8.62. The summed E-state index contributed by atoms with van der Waals surface area (Å²) in [6.45, 7) is 2.09. The Morgan fingerprint density at radius 3 is 2.61 bits per heavy atom. The largest absolute Gasteiger partial charge is 0.376 e. The second-order valence-corrected chi connectivity index (χ2v) is 8.70. The minimum absolute atomic E-state index is 0.722. The summed E-state index contributed by atoms with van der Waals surface area (Å²) in [7, 11) is 4.00. The standard InChI is InChI=1S/C24H25N9/c1-32(2)16-8-15(10-25-11-16)18-9-17-19(13-27-18)30-31-22(17)24-28-20-12-26-14-21(23(20)29-24)33-6-4-3-5-7-33/h8-14H,3-7H2,1-2H3,(H,28,29)(H,30,31). The van der Waals surface area contributed by atoms with Crippen molar-refractivity contribution in [3.05, 3.63) is 43.1 Å². The van der Waals surface area contributed by atoms with Crippen LogP contribution in [0.1, 0.15) is 19.3 Å². The molecule has 5 aromatic heterocycles. The number of piperidine rings is 1. The highest BCUT2D eigenvalue weighted by molar-refractivity contribution is 5.96. The van der Waals surface area contributed by atoms with Gasteiger partial charge >= 0.3 is 0 Å². The molecule has 6 rings (SSSR count). The Morgan fingerprint density at radius 1 is 0.909 bits per heavy atom. The maximum Gasteiger partial charge on any atom is 0.159 e. The van der Waals surface area contributed by atoms with Crippen molar-refractivity contribution in [2.75, 3.05) is 37.0 Å². The molecule has 0 atom stereocenters. The molecule has 0 aliphatic carbocycles. The van der Waals surface area contributed by atoms with E-state index in [4.69, 9.17) is 4.98 Å². The van der Waals surface area contributed by atoms with E-state index in [-0.39, 0.29) is 0 Å². The van der Waals surface area contributed by atoms with Crippen molar-refractivity contribution in [1.29, 1.82) is 0 Å². The number of rotatable bonds is 4. The van der Waals surface area contributed by atoms with E-state index < -0.39 is 0 Å². The SMILES string of the molecule is CN(C)c1cncc(-c2cc3c(-c4nc5c(N6CCCCC6)cncc5[nH]4)n[nH]c3cn2)c1. The first kappa shape index (κ1) is 19.7. The van der Waals surface area contributed by atoms with E-state index in [1.807, 2.05) is 56.0 Å². The van der Waals surface area contributed by atoms with E-state index in [2.05, 4.69) is 41.1 Å². The number of anilines is 2. The molecule has 9 nitrogen and oxygen atoms in total. The van der Waals surface area contributed by atoms with Gasteiger partial charge in [-0.1, -0.05) is 0 Å². The summed E-state index contributed by atoms with van der Waals surface area (Å²) < 4.78 is 0. The van der Waals surface area contributed by atoms with E-state index in [0.717, 1.165) is 69.2 Å². The third kappa shape index (κ3) is 3.45. The lowest BCUT2D eigenvalue weighted by molar-refractivity contribution is 0.578. The van der Waals surface area contributed by atoms with Crippen molar-refractivity contribution in [3.63, 3.8) is 0 Å². The van der Waals surface area contributed by atoms with Gasteiger partial charge in [0.05, 0.1) is 52.9 Å². The molecule has 1 saturated heterocycles. The monoisotopic (exact) mass is 439 g/mol. The van der Waals surface area contributed by atoms with Crippen molar-refractivity contribution in [2.45, 2.75) is 19.3 Å². The molecule has 0 aromatic carbocycles. The second-order valence-electron chi connectivity index (χ2n) is 8.70. The van der Waals surface area contributed by atoms with Gasteiger partial charge in [-0.25, -0.2) is 4.98 Å². The van der Waals surface area contributed by atoms with Crippen molar-refractivity contribution in [2.24, 2.45) is 0 Å². The normalized spacial score (nSPS) is 14.3. The molecule has 33 heavy (non-hydrogen) atoms. The van der Waals surface area contributed by atoms with E-state index in [1.165, 1.54) is 19.3 Å². The molecule has 1 aliphatic rings. The van der Waals surface area contributed by atoms with Gasteiger partial charge in [0.25, 0.3) is 0 Å². The Hall–Kier alpha value is -4.01. The Bertz CT molecular complexity index is 1440. The number of hydrogen-bond acceptors (Lipinski definition) is 7. The van der Waals surface area contributed by atoms with E-state index in [0.29, 0.717) is 0 Å². The molecule has 0 saturated carbocycles. The summed E-state index contributed by atoms with van der Waals surface area (Å²) in [6.07, 6.45) is 12.9. The quantitative estimate of drug-likeness (QED) is 0.436. The molecular formula is C24H25N9. The van der Waals surface area contributed by atoms with Crippen LogP contribution in [-0.4, -0.2) is 62.3 Å². The number of aromatic nitrogens is 7. The summed E-state index contributed by atoms with van der Waals surface area (Å²) in [5.41, 5.74) is 7.40. The fourth-order valence-electron chi connectivity index (χ4n) is 4.46. The molecule has 2 N–H and O–H groups in total. The van der Waals surface area contributed by atoms with Crippen LogP contribution >= 0.6 is 0 Å². The van der Waals surface area contributed by atoms with E-state index >= 15 is 0 Å². The maximum absolute atomic E-state index is 4.96. The molecular weight excluding hydrogens is 414 g/mol. The number of nitrogens with one attached hydrogen (secondary N) is 2. The minimum atomic E-state index is 0.722. The first-order chi connectivity index (χ1) is 16.2. The average Bonchev–Trinajstić information content (AvgIpc) is 3.48. The smallest absolute Gasteiger partial charge is 0.159 e. The molecule has 0 radical (unpaired) electrons. The van der Waals surface area contributed by atoms with Crippen molar-refractivity contribution >= 4 is 33.3 Å².